The molecule has 0 aliphatic heterocycles. The lowest BCUT2D eigenvalue weighted by atomic mass is 10.2. The van der Waals surface area contributed by atoms with Crippen LogP contribution in [0.1, 0.15) is 31.2 Å². The second kappa shape index (κ2) is 5.98. The van der Waals surface area contributed by atoms with Crippen molar-refractivity contribution in [1.82, 2.24) is 5.32 Å². The van der Waals surface area contributed by atoms with Crippen LogP contribution in [0.3, 0.4) is 0 Å². The molecule has 3 N–H and O–H groups in total. The Morgan fingerprint density at radius 2 is 1.94 bits per heavy atom. The standard InChI is InChI=1S/C10H12IN.C3H7N/c11-9-3-1-2-8(6-9)7-12-10-4-5-10;4-3-1-2-3/h1-3,6,10,12H,4-5,7H2;3H,1-2,4H2. The lowest BCUT2D eigenvalue weighted by Gasteiger charge is -2.02. The normalized spacial score (nSPS) is 18.9. The fraction of sp³-hybridized carbons (Fsp3) is 0.538. The highest BCUT2D eigenvalue weighted by Gasteiger charge is 2.19. The third-order valence-corrected chi connectivity index (χ3v) is 3.35. The molecule has 0 amide bonds. The summed E-state index contributed by atoms with van der Waals surface area (Å²) in [5.74, 6) is 0. The van der Waals surface area contributed by atoms with Gasteiger partial charge in [-0.3, -0.25) is 0 Å². The number of nitrogens with two attached hydrogens (primary N) is 1. The lowest BCUT2D eigenvalue weighted by molar-refractivity contribution is 0.687. The molecule has 0 aromatic heterocycles. The molecule has 2 saturated carbocycles. The third-order valence-electron chi connectivity index (χ3n) is 2.68. The van der Waals surface area contributed by atoms with Gasteiger partial charge in [-0.1, -0.05) is 12.1 Å². The van der Waals surface area contributed by atoms with Gasteiger partial charge in [0.15, 0.2) is 0 Å². The average molecular weight is 330 g/mol. The molecular formula is C13H19IN2. The van der Waals surface area contributed by atoms with Crippen LogP contribution in [-0.4, -0.2) is 12.1 Å². The van der Waals surface area contributed by atoms with Crippen LogP contribution in [0.15, 0.2) is 24.3 Å². The Morgan fingerprint density at radius 3 is 2.44 bits per heavy atom. The molecule has 16 heavy (non-hydrogen) atoms. The van der Waals surface area contributed by atoms with Crippen molar-refractivity contribution in [1.29, 1.82) is 0 Å². The maximum absolute atomic E-state index is 5.22. The molecule has 0 heterocycles. The molecule has 2 aliphatic rings. The van der Waals surface area contributed by atoms with Crippen molar-refractivity contribution in [3.8, 4) is 0 Å². The van der Waals surface area contributed by atoms with E-state index in [9.17, 15) is 0 Å². The van der Waals surface area contributed by atoms with Gasteiger partial charge in [0, 0.05) is 22.2 Å². The first-order chi connectivity index (χ1) is 7.74. The van der Waals surface area contributed by atoms with Crippen molar-refractivity contribution < 1.29 is 0 Å². The molecule has 0 saturated heterocycles. The van der Waals surface area contributed by atoms with Crippen LogP contribution >= 0.6 is 22.6 Å². The van der Waals surface area contributed by atoms with Crippen molar-refractivity contribution in [2.75, 3.05) is 0 Å². The summed E-state index contributed by atoms with van der Waals surface area (Å²) in [6, 6.07) is 10.0. The zero-order valence-corrected chi connectivity index (χ0v) is 11.6. The highest BCUT2D eigenvalue weighted by Crippen LogP contribution is 2.19. The van der Waals surface area contributed by atoms with Crippen LogP contribution in [0.5, 0.6) is 0 Å². The summed E-state index contributed by atoms with van der Waals surface area (Å²) in [7, 11) is 0. The van der Waals surface area contributed by atoms with Gasteiger partial charge in [0.05, 0.1) is 0 Å². The molecule has 88 valence electrons. The number of hydrogen-bond donors (Lipinski definition) is 2. The van der Waals surface area contributed by atoms with E-state index in [-0.39, 0.29) is 0 Å². The first-order valence-electron chi connectivity index (χ1n) is 5.97. The monoisotopic (exact) mass is 330 g/mol. The molecule has 3 rings (SSSR count). The molecule has 2 aliphatic carbocycles. The Balaban J connectivity index is 0.000000203. The minimum atomic E-state index is 0.583. The Labute approximate surface area is 111 Å². The fourth-order valence-electron chi connectivity index (χ4n) is 1.29. The van der Waals surface area contributed by atoms with Gasteiger partial charge in [-0.15, -0.1) is 0 Å². The van der Waals surface area contributed by atoms with Crippen LogP contribution in [-0.2, 0) is 6.54 Å². The summed E-state index contributed by atoms with van der Waals surface area (Å²) in [6.45, 7) is 1.03. The summed E-state index contributed by atoms with van der Waals surface area (Å²) in [5.41, 5.74) is 6.62. The molecule has 0 unspecified atom stereocenters. The van der Waals surface area contributed by atoms with E-state index < -0.39 is 0 Å². The summed E-state index contributed by atoms with van der Waals surface area (Å²) in [5, 5.41) is 3.50. The van der Waals surface area contributed by atoms with E-state index in [2.05, 4.69) is 52.2 Å². The van der Waals surface area contributed by atoms with E-state index in [1.165, 1.54) is 34.8 Å². The highest BCUT2D eigenvalue weighted by atomic mass is 127. The molecule has 0 bridgehead atoms. The van der Waals surface area contributed by atoms with E-state index in [0.717, 1.165) is 12.6 Å². The van der Waals surface area contributed by atoms with Gasteiger partial charge in [0.25, 0.3) is 0 Å². The molecule has 0 radical (unpaired) electrons. The van der Waals surface area contributed by atoms with Gasteiger partial charge in [-0.25, -0.2) is 0 Å². The van der Waals surface area contributed by atoms with Gasteiger partial charge < -0.3 is 11.1 Å². The molecule has 3 heteroatoms. The number of nitrogens with one attached hydrogen (secondary N) is 1. The van der Waals surface area contributed by atoms with Crippen LogP contribution in [0.4, 0.5) is 0 Å². The topological polar surface area (TPSA) is 38.0 Å². The molecule has 2 nitrogen and oxygen atoms in total. The summed E-state index contributed by atoms with van der Waals surface area (Å²) in [6.07, 6.45) is 5.26. The first kappa shape index (κ1) is 12.3. The van der Waals surface area contributed by atoms with Gasteiger partial charge in [-0.05, 0) is 66.0 Å². The van der Waals surface area contributed by atoms with E-state index in [0.29, 0.717) is 6.04 Å². The molecule has 0 atom stereocenters. The Bertz CT molecular complexity index is 332. The summed E-state index contributed by atoms with van der Waals surface area (Å²) < 4.78 is 1.32. The van der Waals surface area contributed by atoms with Crippen molar-refractivity contribution in [2.45, 2.75) is 44.3 Å². The predicted octanol–water partition coefficient (Wildman–Crippen LogP) is 2.65. The van der Waals surface area contributed by atoms with Crippen LogP contribution < -0.4 is 11.1 Å². The van der Waals surface area contributed by atoms with Gasteiger partial charge >= 0.3 is 0 Å². The smallest absolute Gasteiger partial charge is 0.0208 e. The molecule has 0 spiro atoms. The van der Waals surface area contributed by atoms with Crippen LogP contribution in [0.25, 0.3) is 0 Å². The van der Waals surface area contributed by atoms with Crippen LogP contribution in [0.2, 0.25) is 0 Å². The second-order valence-corrected chi connectivity index (χ2v) is 5.87. The fourth-order valence-corrected chi connectivity index (χ4v) is 1.90. The largest absolute Gasteiger partial charge is 0.328 e. The zero-order chi connectivity index (χ0) is 11.4. The Kier molecular flexibility index (Phi) is 4.61. The van der Waals surface area contributed by atoms with Crippen molar-refractivity contribution >= 4 is 22.6 Å². The van der Waals surface area contributed by atoms with E-state index in [1.807, 2.05) is 0 Å². The van der Waals surface area contributed by atoms with Crippen LogP contribution in [0, 0.1) is 3.57 Å². The first-order valence-corrected chi connectivity index (χ1v) is 7.05. The summed E-state index contributed by atoms with van der Waals surface area (Å²) >= 11 is 2.35. The van der Waals surface area contributed by atoms with E-state index in [1.54, 1.807) is 0 Å². The van der Waals surface area contributed by atoms with E-state index >= 15 is 0 Å². The van der Waals surface area contributed by atoms with Gasteiger partial charge in [0.2, 0.25) is 0 Å². The summed E-state index contributed by atoms with van der Waals surface area (Å²) in [4.78, 5) is 0. The number of rotatable bonds is 3. The zero-order valence-electron chi connectivity index (χ0n) is 9.45. The molecule has 2 fully saturated rings. The Morgan fingerprint density at radius 1 is 1.25 bits per heavy atom. The van der Waals surface area contributed by atoms with Gasteiger partial charge in [0.1, 0.15) is 0 Å². The predicted molar refractivity (Wildman–Crippen MR) is 76.2 cm³/mol. The molecular weight excluding hydrogens is 311 g/mol. The Hall–Kier alpha value is -0.130. The van der Waals surface area contributed by atoms with Crippen molar-refractivity contribution in [2.24, 2.45) is 5.73 Å². The van der Waals surface area contributed by atoms with Gasteiger partial charge in [-0.2, -0.15) is 0 Å². The number of hydrogen-bond acceptors (Lipinski definition) is 2. The maximum atomic E-state index is 5.22. The van der Waals surface area contributed by atoms with E-state index in [4.69, 9.17) is 5.73 Å². The molecule has 1 aromatic carbocycles. The number of halogens is 1. The quantitative estimate of drug-likeness (QED) is 0.837. The SMILES string of the molecule is Ic1cccc(CNC2CC2)c1.NC1CC1. The minimum Gasteiger partial charge on any atom is -0.328 e. The highest BCUT2D eigenvalue weighted by molar-refractivity contribution is 14.1. The lowest BCUT2D eigenvalue weighted by Crippen LogP contribution is -2.15. The van der Waals surface area contributed by atoms with Crippen molar-refractivity contribution in [3.63, 3.8) is 0 Å². The third kappa shape index (κ3) is 5.27. The average Bonchev–Trinajstić information content (AvgIpc) is 3.12. The molecule has 1 aromatic rings. The second-order valence-electron chi connectivity index (χ2n) is 4.62. The minimum absolute atomic E-state index is 0.583. The number of benzene rings is 1. The van der Waals surface area contributed by atoms with Crippen molar-refractivity contribution in [3.05, 3.63) is 33.4 Å². The maximum Gasteiger partial charge on any atom is 0.0208 e.